The van der Waals surface area contributed by atoms with E-state index >= 15 is 0 Å². The Bertz CT molecular complexity index is 1080. The van der Waals surface area contributed by atoms with Crippen molar-refractivity contribution in [2.75, 3.05) is 4.90 Å². The van der Waals surface area contributed by atoms with E-state index in [1.54, 1.807) is 36.2 Å². The Labute approximate surface area is 195 Å². The van der Waals surface area contributed by atoms with Crippen LogP contribution in [-0.2, 0) is 20.7 Å². The van der Waals surface area contributed by atoms with Gasteiger partial charge in [-0.2, -0.15) is 0 Å². The second-order valence-electron chi connectivity index (χ2n) is 8.04. The van der Waals surface area contributed by atoms with Crippen LogP contribution in [0.1, 0.15) is 51.3 Å². The van der Waals surface area contributed by atoms with Gasteiger partial charge in [-0.1, -0.05) is 31.4 Å². The molecule has 174 valence electrons. The van der Waals surface area contributed by atoms with Crippen molar-refractivity contribution >= 4 is 28.3 Å². The van der Waals surface area contributed by atoms with E-state index in [0.29, 0.717) is 22.3 Å². The van der Waals surface area contributed by atoms with Gasteiger partial charge in [0.15, 0.2) is 22.9 Å². The number of carbonyl (C=O) groups excluding carboxylic acids is 2. The molecule has 7 nitrogen and oxygen atoms in total. The lowest BCUT2D eigenvalue weighted by Crippen LogP contribution is -2.47. The second-order valence-corrected chi connectivity index (χ2v) is 8.92. The zero-order valence-corrected chi connectivity index (χ0v) is 19.2. The van der Waals surface area contributed by atoms with Gasteiger partial charge in [-0.15, -0.1) is 11.3 Å². The third-order valence-corrected chi connectivity index (χ3v) is 6.47. The highest BCUT2D eigenvalue weighted by molar-refractivity contribution is 7.13. The summed E-state index contributed by atoms with van der Waals surface area (Å²) in [6.45, 7) is 1.59. The summed E-state index contributed by atoms with van der Waals surface area (Å²) in [7, 11) is 0. The largest absolute Gasteiger partial charge is 0.453 e. The molecule has 0 saturated heterocycles. The van der Waals surface area contributed by atoms with Gasteiger partial charge in [-0.05, 0) is 31.9 Å². The third-order valence-electron chi connectivity index (χ3n) is 5.69. The highest BCUT2D eigenvalue weighted by atomic mass is 32.1. The fraction of sp³-hybridized carbons (Fsp3) is 0.417. The maximum absolute atomic E-state index is 13.9. The molecule has 1 fully saturated rings. The number of amides is 1. The van der Waals surface area contributed by atoms with Crippen molar-refractivity contribution in [3.8, 4) is 11.3 Å². The van der Waals surface area contributed by atoms with Crippen molar-refractivity contribution < 1.29 is 23.1 Å². The zero-order chi connectivity index (χ0) is 23.2. The normalized spacial score (nSPS) is 15.2. The Hall–Kier alpha value is -3.07. The van der Waals surface area contributed by atoms with Crippen LogP contribution in [0.15, 0.2) is 46.5 Å². The fourth-order valence-electron chi connectivity index (χ4n) is 4.03. The topological polar surface area (TPSA) is 85.5 Å². The van der Waals surface area contributed by atoms with E-state index in [4.69, 9.17) is 9.15 Å². The van der Waals surface area contributed by atoms with Gasteiger partial charge in [-0.25, -0.2) is 14.4 Å². The summed E-state index contributed by atoms with van der Waals surface area (Å²) < 4.78 is 24.9. The number of hydrogen-bond donors (Lipinski definition) is 0. The summed E-state index contributed by atoms with van der Waals surface area (Å²) in [6, 6.07) is 6.32. The first-order valence-corrected chi connectivity index (χ1v) is 12.0. The fourth-order valence-corrected chi connectivity index (χ4v) is 4.75. The minimum absolute atomic E-state index is 0.00444. The molecule has 1 atom stereocenters. The number of anilines is 1. The molecule has 9 heteroatoms. The molecule has 2 aromatic heterocycles. The summed E-state index contributed by atoms with van der Waals surface area (Å²) in [4.78, 5) is 35.7. The van der Waals surface area contributed by atoms with Gasteiger partial charge in [-0.3, -0.25) is 14.5 Å². The average molecular weight is 472 g/mol. The Kier molecular flexibility index (Phi) is 7.49. The number of hydrogen-bond acceptors (Lipinski definition) is 7. The first-order chi connectivity index (χ1) is 16.0. The van der Waals surface area contributed by atoms with Crippen LogP contribution in [0, 0.1) is 5.82 Å². The molecule has 1 amide bonds. The molecule has 3 aromatic rings. The number of benzene rings is 1. The molecule has 2 heterocycles. The van der Waals surface area contributed by atoms with E-state index in [0.717, 1.165) is 25.7 Å². The number of ether oxygens (including phenoxy) is 1. The Morgan fingerprint density at radius 3 is 2.76 bits per heavy atom. The molecule has 0 bridgehead atoms. The minimum atomic E-state index is -0.929. The van der Waals surface area contributed by atoms with Crippen molar-refractivity contribution in [2.45, 2.75) is 64.0 Å². The highest BCUT2D eigenvalue weighted by Crippen LogP contribution is 2.30. The van der Waals surface area contributed by atoms with Crippen molar-refractivity contribution in [1.82, 2.24) is 9.97 Å². The molecule has 1 aliphatic rings. The molecule has 4 rings (SSSR count). The van der Waals surface area contributed by atoms with Crippen molar-refractivity contribution in [1.29, 1.82) is 0 Å². The van der Waals surface area contributed by atoms with Gasteiger partial charge in [0.1, 0.15) is 5.82 Å². The minimum Gasteiger partial charge on any atom is -0.453 e. The first kappa shape index (κ1) is 23.1. The monoisotopic (exact) mass is 471 g/mol. The number of esters is 1. The van der Waals surface area contributed by atoms with E-state index in [1.165, 1.54) is 30.0 Å². The predicted octanol–water partition coefficient (Wildman–Crippen LogP) is 5.17. The number of oxazole rings is 1. The van der Waals surface area contributed by atoms with E-state index in [2.05, 4.69) is 9.97 Å². The van der Waals surface area contributed by atoms with Crippen molar-refractivity contribution in [3.63, 3.8) is 0 Å². The van der Waals surface area contributed by atoms with Gasteiger partial charge in [0.05, 0.1) is 18.2 Å². The number of nitrogens with zero attached hydrogens (tertiary/aromatic N) is 3. The Balaban J connectivity index is 1.34. The summed E-state index contributed by atoms with van der Waals surface area (Å²) in [5, 5.41) is 2.47. The average Bonchev–Trinajstić information content (AvgIpc) is 3.51. The van der Waals surface area contributed by atoms with E-state index in [-0.39, 0.29) is 24.8 Å². The first-order valence-electron chi connectivity index (χ1n) is 11.1. The molecular formula is C24H26FN3O4S. The molecule has 0 spiro atoms. The Morgan fingerprint density at radius 2 is 2.03 bits per heavy atom. The second kappa shape index (κ2) is 10.7. The predicted molar refractivity (Wildman–Crippen MR) is 122 cm³/mol. The van der Waals surface area contributed by atoms with Gasteiger partial charge in [0.2, 0.25) is 0 Å². The quantitative estimate of drug-likeness (QED) is 0.422. The molecule has 0 aliphatic heterocycles. The van der Waals surface area contributed by atoms with Gasteiger partial charge >= 0.3 is 5.97 Å². The number of aromatic nitrogens is 2. The van der Waals surface area contributed by atoms with E-state index < -0.39 is 17.9 Å². The smallest absolute Gasteiger partial charge is 0.307 e. The summed E-state index contributed by atoms with van der Waals surface area (Å²) >= 11 is 1.40. The molecule has 1 saturated carbocycles. The van der Waals surface area contributed by atoms with Crippen LogP contribution < -0.4 is 4.90 Å². The summed E-state index contributed by atoms with van der Waals surface area (Å²) in [5.41, 5.74) is 0.308. The third kappa shape index (κ3) is 5.65. The molecular weight excluding hydrogens is 445 g/mol. The van der Waals surface area contributed by atoms with Crippen LogP contribution in [0.25, 0.3) is 11.3 Å². The molecule has 0 radical (unpaired) electrons. The number of aryl methyl sites for hydroxylation is 1. The number of halogens is 1. The Morgan fingerprint density at radius 1 is 1.24 bits per heavy atom. The van der Waals surface area contributed by atoms with Crippen LogP contribution in [-0.4, -0.2) is 34.0 Å². The van der Waals surface area contributed by atoms with E-state index in [1.807, 2.05) is 5.38 Å². The summed E-state index contributed by atoms with van der Waals surface area (Å²) in [6.07, 6.45) is 7.50. The van der Waals surface area contributed by atoms with Gasteiger partial charge < -0.3 is 9.15 Å². The van der Waals surface area contributed by atoms with Crippen LogP contribution in [0.2, 0.25) is 0 Å². The van der Waals surface area contributed by atoms with Crippen LogP contribution in [0.4, 0.5) is 9.52 Å². The van der Waals surface area contributed by atoms with Crippen LogP contribution in [0.5, 0.6) is 0 Å². The maximum atomic E-state index is 13.9. The number of thiazole rings is 1. The maximum Gasteiger partial charge on any atom is 0.307 e. The van der Waals surface area contributed by atoms with Gasteiger partial charge in [0, 0.05) is 24.0 Å². The lowest BCUT2D eigenvalue weighted by Gasteiger charge is -2.33. The van der Waals surface area contributed by atoms with Crippen molar-refractivity contribution in [3.05, 3.63) is 53.7 Å². The molecule has 1 aromatic carbocycles. The summed E-state index contributed by atoms with van der Waals surface area (Å²) in [5.74, 6) is -0.593. The van der Waals surface area contributed by atoms with Crippen LogP contribution in [0.3, 0.4) is 0 Å². The molecule has 0 N–H and O–H groups in total. The lowest BCUT2D eigenvalue weighted by atomic mass is 9.94. The molecule has 1 aliphatic carbocycles. The highest BCUT2D eigenvalue weighted by Gasteiger charge is 2.33. The van der Waals surface area contributed by atoms with Crippen molar-refractivity contribution in [2.24, 2.45) is 0 Å². The standard InChI is InChI=1S/C24H26FN3O4S/c1-16(23(30)28(24-26-13-14-33-24)17-7-3-2-4-8-17)31-22(29)12-11-21-27-15-20(32-21)18-9-5-6-10-19(18)25/h5-6,9-10,13-17H,2-4,7-8,11-12H2,1H3. The van der Waals surface area contributed by atoms with Crippen LogP contribution >= 0.6 is 11.3 Å². The number of rotatable bonds is 8. The zero-order valence-electron chi connectivity index (χ0n) is 18.4. The van der Waals surface area contributed by atoms with E-state index in [9.17, 15) is 14.0 Å². The van der Waals surface area contributed by atoms with Gasteiger partial charge in [0.25, 0.3) is 5.91 Å². The molecule has 33 heavy (non-hydrogen) atoms. The number of carbonyl (C=O) groups is 2. The SMILES string of the molecule is CC(OC(=O)CCc1ncc(-c2ccccc2F)o1)C(=O)N(c1nccs1)C1CCCCC1. The lowest BCUT2D eigenvalue weighted by molar-refractivity contribution is -0.154. The molecule has 1 unspecified atom stereocenters.